The number of anilines is 1. The lowest BCUT2D eigenvalue weighted by atomic mass is 9.85. The highest BCUT2D eigenvalue weighted by Gasteiger charge is 2.34. The Morgan fingerprint density at radius 3 is 2.65 bits per heavy atom. The zero-order chi connectivity index (χ0) is 17.0. The average molecular weight is 384 g/mol. The van der Waals surface area contributed by atoms with Crippen LogP contribution in [0.3, 0.4) is 0 Å². The fourth-order valence-corrected chi connectivity index (χ4v) is 3.08. The molecular formula is C16H22BrN3O3. The average Bonchev–Trinajstić information content (AvgIpc) is 2.44. The van der Waals surface area contributed by atoms with Gasteiger partial charge in [0.05, 0.1) is 6.54 Å². The van der Waals surface area contributed by atoms with Gasteiger partial charge in [-0.05, 0) is 44.0 Å². The first-order valence-electron chi connectivity index (χ1n) is 7.68. The lowest BCUT2D eigenvalue weighted by Gasteiger charge is -2.42. The summed E-state index contributed by atoms with van der Waals surface area (Å²) < 4.78 is 0.950. The van der Waals surface area contributed by atoms with Gasteiger partial charge in [-0.25, -0.2) is 4.79 Å². The molecule has 0 bridgehead atoms. The number of amides is 2. The number of hydrogen-bond acceptors (Lipinski definition) is 3. The van der Waals surface area contributed by atoms with Gasteiger partial charge in [-0.3, -0.25) is 9.69 Å². The smallest absolute Gasteiger partial charge is 0.319 e. The topological polar surface area (TPSA) is 81.7 Å². The Balaban J connectivity index is 1.77. The number of carbonyl (C=O) groups excluding carboxylic acids is 1. The second-order valence-electron chi connectivity index (χ2n) is 5.84. The van der Waals surface area contributed by atoms with Crippen LogP contribution in [-0.4, -0.2) is 47.2 Å². The molecule has 0 spiro atoms. The summed E-state index contributed by atoms with van der Waals surface area (Å²) in [4.78, 5) is 24.7. The monoisotopic (exact) mass is 383 g/mol. The third kappa shape index (κ3) is 4.94. The molecule has 23 heavy (non-hydrogen) atoms. The van der Waals surface area contributed by atoms with Crippen LogP contribution in [0.1, 0.15) is 25.3 Å². The zero-order valence-electron chi connectivity index (χ0n) is 13.3. The van der Waals surface area contributed by atoms with Crippen molar-refractivity contribution in [2.24, 2.45) is 0 Å². The third-order valence-electron chi connectivity index (χ3n) is 4.14. The number of halogens is 1. The zero-order valence-corrected chi connectivity index (χ0v) is 14.9. The summed E-state index contributed by atoms with van der Waals surface area (Å²) in [6.45, 7) is 4.69. The van der Waals surface area contributed by atoms with Gasteiger partial charge in [-0.2, -0.15) is 0 Å². The molecule has 1 saturated carbocycles. The van der Waals surface area contributed by atoms with Gasteiger partial charge >= 0.3 is 12.0 Å². The molecule has 1 aromatic carbocycles. The molecule has 0 aromatic heterocycles. The minimum Gasteiger partial charge on any atom is -0.480 e. The van der Waals surface area contributed by atoms with E-state index in [9.17, 15) is 9.59 Å². The Bertz CT molecular complexity index is 588. The molecule has 1 fully saturated rings. The number of carboxylic acids is 1. The largest absolute Gasteiger partial charge is 0.480 e. The van der Waals surface area contributed by atoms with Crippen LogP contribution in [-0.2, 0) is 4.79 Å². The van der Waals surface area contributed by atoms with Gasteiger partial charge in [0.25, 0.3) is 0 Å². The minimum absolute atomic E-state index is 0.0531. The van der Waals surface area contributed by atoms with Crippen LogP contribution in [0.15, 0.2) is 22.7 Å². The minimum atomic E-state index is -0.814. The second-order valence-corrected chi connectivity index (χ2v) is 6.70. The molecule has 0 unspecified atom stereocenters. The molecule has 1 aromatic rings. The highest BCUT2D eigenvalue weighted by atomic mass is 79.9. The Morgan fingerprint density at radius 1 is 1.39 bits per heavy atom. The molecule has 0 saturated heterocycles. The van der Waals surface area contributed by atoms with E-state index in [4.69, 9.17) is 5.11 Å². The summed E-state index contributed by atoms with van der Waals surface area (Å²) in [6.07, 6.45) is 1.57. The van der Waals surface area contributed by atoms with E-state index in [0.717, 1.165) is 28.6 Å². The Morgan fingerprint density at radius 2 is 2.09 bits per heavy atom. The Labute approximate surface area is 144 Å². The number of aryl methyl sites for hydroxylation is 1. The molecule has 0 aliphatic heterocycles. The van der Waals surface area contributed by atoms with Crippen molar-refractivity contribution in [3.8, 4) is 0 Å². The first-order valence-corrected chi connectivity index (χ1v) is 8.47. The van der Waals surface area contributed by atoms with E-state index in [1.165, 1.54) is 0 Å². The van der Waals surface area contributed by atoms with Crippen molar-refractivity contribution in [3.05, 3.63) is 28.2 Å². The summed E-state index contributed by atoms with van der Waals surface area (Å²) in [5.41, 5.74) is 1.84. The van der Waals surface area contributed by atoms with Crippen LogP contribution in [0.2, 0.25) is 0 Å². The number of nitrogens with zero attached hydrogens (tertiary/aromatic N) is 1. The first-order chi connectivity index (χ1) is 10.9. The lowest BCUT2D eigenvalue weighted by Crippen LogP contribution is -2.55. The van der Waals surface area contributed by atoms with Crippen molar-refractivity contribution in [3.63, 3.8) is 0 Å². The summed E-state index contributed by atoms with van der Waals surface area (Å²) in [7, 11) is 0. The number of carbonyl (C=O) groups is 2. The Kier molecular flexibility index (Phi) is 6.01. The molecule has 0 heterocycles. The number of carboxylic acid groups (broad SMARTS) is 1. The Hall–Kier alpha value is -1.60. The predicted octanol–water partition coefficient (Wildman–Crippen LogP) is 2.82. The van der Waals surface area contributed by atoms with Crippen LogP contribution < -0.4 is 10.6 Å². The van der Waals surface area contributed by atoms with E-state index in [2.05, 4.69) is 26.6 Å². The molecule has 0 radical (unpaired) electrons. The summed E-state index contributed by atoms with van der Waals surface area (Å²) >= 11 is 3.44. The molecule has 3 N–H and O–H groups in total. The lowest BCUT2D eigenvalue weighted by molar-refractivity contribution is -0.139. The molecule has 7 heteroatoms. The van der Waals surface area contributed by atoms with Crippen LogP contribution in [0.4, 0.5) is 10.5 Å². The van der Waals surface area contributed by atoms with E-state index in [1.54, 1.807) is 0 Å². The molecule has 6 nitrogen and oxygen atoms in total. The first kappa shape index (κ1) is 17.7. The van der Waals surface area contributed by atoms with Gasteiger partial charge in [0, 0.05) is 22.2 Å². The fraction of sp³-hybridized carbons (Fsp3) is 0.500. The van der Waals surface area contributed by atoms with Crippen LogP contribution in [0.5, 0.6) is 0 Å². The van der Waals surface area contributed by atoms with E-state index >= 15 is 0 Å². The van der Waals surface area contributed by atoms with Gasteiger partial charge in [0.1, 0.15) is 0 Å². The van der Waals surface area contributed by atoms with Crippen molar-refractivity contribution in [2.45, 2.75) is 38.8 Å². The molecule has 2 rings (SSSR count). The van der Waals surface area contributed by atoms with Crippen molar-refractivity contribution in [1.82, 2.24) is 10.2 Å². The van der Waals surface area contributed by atoms with Gasteiger partial charge in [0.2, 0.25) is 0 Å². The number of aliphatic carboxylic acids is 1. The highest BCUT2D eigenvalue weighted by Crippen LogP contribution is 2.26. The maximum absolute atomic E-state index is 12.0. The van der Waals surface area contributed by atoms with Crippen molar-refractivity contribution in [1.29, 1.82) is 0 Å². The standard InChI is InChI=1S/C16H22BrN3O3/c1-3-20(9-15(21)22)13-6-12(7-13)19-16(23)18-11-5-4-10(2)14(17)8-11/h4-5,8,12-13H,3,6-7,9H2,1-2H3,(H,21,22)(H2,18,19,23). The van der Waals surface area contributed by atoms with Crippen LogP contribution in [0.25, 0.3) is 0 Å². The maximum atomic E-state index is 12.0. The fourth-order valence-electron chi connectivity index (χ4n) is 2.70. The molecule has 0 atom stereocenters. The van der Waals surface area contributed by atoms with Crippen LogP contribution >= 0.6 is 15.9 Å². The van der Waals surface area contributed by atoms with Crippen molar-refractivity contribution in [2.75, 3.05) is 18.4 Å². The van der Waals surface area contributed by atoms with Crippen LogP contribution in [0, 0.1) is 6.92 Å². The maximum Gasteiger partial charge on any atom is 0.319 e. The third-order valence-corrected chi connectivity index (χ3v) is 4.99. The second kappa shape index (κ2) is 7.79. The highest BCUT2D eigenvalue weighted by molar-refractivity contribution is 9.10. The number of urea groups is 1. The number of benzene rings is 1. The van der Waals surface area contributed by atoms with E-state index < -0.39 is 5.97 Å². The summed E-state index contributed by atoms with van der Waals surface area (Å²) in [6, 6.07) is 5.75. The van der Waals surface area contributed by atoms with E-state index in [-0.39, 0.29) is 24.7 Å². The SMILES string of the molecule is CCN(CC(=O)O)C1CC(NC(=O)Nc2ccc(C)c(Br)c2)C1. The number of likely N-dealkylation sites (N-methyl/N-ethyl adjacent to an activating group) is 1. The summed E-state index contributed by atoms with van der Waals surface area (Å²) in [5.74, 6) is -0.814. The van der Waals surface area contributed by atoms with Gasteiger partial charge in [0.15, 0.2) is 0 Å². The van der Waals surface area contributed by atoms with Gasteiger partial charge < -0.3 is 15.7 Å². The number of hydrogen-bond donors (Lipinski definition) is 3. The predicted molar refractivity (Wildman–Crippen MR) is 92.7 cm³/mol. The van der Waals surface area contributed by atoms with E-state index in [0.29, 0.717) is 6.54 Å². The molecule has 1 aliphatic carbocycles. The summed E-state index contributed by atoms with van der Waals surface area (Å²) in [5, 5.41) is 14.6. The molecule has 1 aliphatic rings. The number of rotatable bonds is 6. The molecule has 2 amide bonds. The van der Waals surface area contributed by atoms with Crippen molar-refractivity contribution < 1.29 is 14.7 Å². The normalized spacial score (nSPS) is 20.0. The van der Waals surface area contributed by atoms with Crippen molar-refractivity contribution >= 4 is 33.6 Å². The van der Waals surface area contributed by atoms with E-state index in [1.807, 2.05) is 36.9 Å². The number of nitrogens with one attached hydrogen (secondary N) is 2. The molecule has 126 valence electrons. The van der Waals surface area contributed by atoms with Gasteiger partial charge in [-0.15, -0.1) is 0 Å². The molecular weight excluding hydrogens is 362 g/mol. The van der Waals surface area contributed by atoms with Gasteiger partial charge in [-0.1, -0.05) is 28.9 Å². The quantitative estimate of drug-likeness (QED) is 0.705.